The van der Waals surface area contributed by atoms with Crippen LogP contribution in [0.1, 0.15) is 25.0 Å². The zero-order valence-corrected chi connectivity index (χ0v) is 14.0. The second kappa shape index (κ2) is 6.11. The summed E-state index contributed by atoms with van der Waals surface area (Å²) in [5.41, 5.74) is 0.997. The first kappa shape index (κ1) is 16.0. The fourth-order valence-corrected chi connectivity index (χ4v) is 2.81. The van der Waals surface area contributed by atoms with Crippen molar-refractivity contribution in [2.45, 2.75) is 13.8 Å². The van der Waals surface area contributed by atoms with Crippen molar-refractivity contribution in [3.63, 3.8) is 0 Å². The van der Waals surface area contributed by atoms with E-state index in [0.717, 1.165) is 0 Å². The molecule has 132 valence electrons. The average molecular weight is 354 g/mol. The van der Waals surface area contributed by atoms with Crippen molar-refractivity contribution in [3.8, 4) is 28.7 Å². The third-order valence-corrected chi connectivity index (χ3v) is 3.75. The predicted octanol–water partition coefficient (Wildman–Crippen LogP) is 3.51. The smallest absolute Gasteiger partial charge is 0.308 e. The molecule has 0 N–H and O–H groups in total. The molecule has 0 bridgehead atoms. The van der Waals surface area contributed by atoms with Gasteiger partial charge in [-0.3, -0.25) is 9.59 Å². The lowest BCUT2D eigenvalue weighted by Crippen LogP contribution is -2.07. The molecule has 26 heavy (non-hydrogen) atoms. The van der Waals surface area contributed by atoms with Crippen LogP contribution in [0.2, 0.25) is 0 Å². The van der Waals surface area contributed by atoms with Gasteiger partial charge in [0.05, 0.1) is 0 Å². The normalized spacial score (nSPS) is 13.5. The molecule has 0 saturated carbocycles. The van der Waals surface area contributed by atoms with Crippen molar-refractivity contribution in [1.82, 2.24) is 0 Å². The summed E-state index contributed by atoms with van der Waals surface area (Å²) in [5.74, 6) is 0.807. The van der Waals surface area contributed by atoms with Gasteiger partial charge >= 0.3 is 11.9 Å². The molecule has 0 atom stereocenters. The molecule has 0 fully saturated rings. The van der Waals surface area contributed by atoms with E-state index in [-0.39, 0.29) is 24.1 Å². The van der Waals surface area contributed by atoms with Crippen molar-refractivity contribution in [2.24, 2.45) is 0 Å². The number of fused-ring (bicyclic) bond motifs is 4. The van der Waals surface area contributed by atoms with E-state index in [1.165, 1.54) is 19.9 Å². The number of esters is 2. The summed E-state index contributed by atoms with van der Waals surface area (Å²) in [4.78, 5) is 23.2. The Morgan fingerprint density at radius 2 is 1.73 bits per heavy atom. The van der Waals surface area contributed by atoms with Crippen molar-refractivity contribution >= 4 is 23.8 Å². The van der Waals surface area contributed by atoms with Gasteiger partial charge in [0.1, 0.15) is 22.8 Å². The molecule has 2 aromatic carbocycles. The quantitative estimate of drug-likeness (QED) is 0.603. The Balaban J connectivity index is 2.01. The van der Waals surface area contributed by atoms with Crippen molar-refractivity contribution in [2.75, 3.05) is 6.79 Å². The third-order valence-electron chi connectivity index (χ3n) is 3.75. The first-order chi connectivity index (χ1) is 12.5. The van der Waals surface area contributed by atoms with Crippen LogP contribution >= 0.6 is 0 Å². The van der Waals surface area contributed by atoms with Gasteiger partial charge in [-0.1, -0.05) is 18.2 Å². The zero-order valence-electron chi connectivity index (χ0n) is 14.0. The molecule has 4 rings (SSSR count). The molecular weight excluding hydrogens is 340 g/mol. The van der Waals surface area contributed by atoms with Gasteiger partial charge in [-0.25, -0.2) is 0 Å². The number of carbonyl (C=O) groups is 2. The number of hydrogen-bond donors (Lipinski definition) is 0. The highest BCUT2D eigenvalue weighted by atomic mass is 16.7. The Morgan fingerprint density at radius 3 is 2.50 bits per heavy atom. The van der Waals surface area contributed by atoms with Crippen LogP contribution in [0.25, 0.3) is 11.8 Å². The van der Waals surface area contributed by atoms with Gasteiger partial charge in [-0.2, -0.15) is 0 Å². The van der Waals surface area contributed by atoms with Crippen LogP contribution in [-0.4, -0.2) is 18.7 Å². The summed E-state index contributed by atoms with van der Waals surface area (Å²) in [6.07, 6.45) is 1.65. The standard InChI is InChI=1S/C19H14O7/c1-10(20)24-14-7-12-5-3-4-6-13(12)26-19-17(14)15(25-11(2)21)8-16-18(19)23-9-22-16/h3-8H,9H2,1-2H3. The molecule has 0 radical (unpaired) electrons. The largest absolute Gasteiger partial charge is 0.453 e. The lowest BCUT2D eigenvalue weighted by atomic mass is 10.1. The predicted molar refractivity (Wildman–Crippen MR) is 90.0 cm³/mol. The van der Waals surface area contributed by atoms with Gasteiger partial charge in [0.2, 0.25) is 12.5 Å². The van der Waals surface area contributed by atoms with E-state index in [1.54, 1.807) is 12.1 Å². The van der Waals surface area contributed by atoms with Gasteiger partial charge in [0, 0.05) is 25.5 Å². The maximum Gasteiger partial charge on any atom is 0.308 e. The molecule has 7 heteroatoms. The molecule has 0 spiro atoms. The Labute approximate surface area is 148 Å². The maximum atomic E-state index is 11.6. The van der Waals surface area contributed by atoms with Crippen molar-refractivity contribution < 1.29 is 33.3 Å². The average Bonchev–Trinajstić information content (AvgIpc) is 2.97. The Kier molecular flexibility index (Phi) is 3.76. The molecule has 0 aromatic heterocycles. The van der Waals surface area contributed by atoms with Gasteiger partial charge in [0.15, 0.2) is 11.5 Å². The van der Waals surface area contributed by atoms with Crippen LogP contribution in [0.3, 0.4) is 0 Å². The molecule has 7 nitrogen and oxygen atoms in total. The Hall–Kier alpha value is -3.48. The van der Waals surface area contributed by atoms with Crippen LogP contribution in [0.4, 0.5) is 0 Å². The number of rotatable bonds is 2. The third kappa shape index (κ3) is 2.73. The summed E-state index contributed by atoms with van der Waals surface area (Å²) in [7, 11) is 0. The highest BCUT2D eigenvalue weighted by molar-refractivity contribution is 5.93. The summed E-state index contributed by atoms with van der Waals surface area (Å²) < 4.78 is 27.7. The van der Waals surface area contributed by atoms with E-state index in [4.69, 9.17) is 23.7 Å². The van der Waals surface area contributed by atoms with Crippen LogP contribution in [0, 0.1) is 0 Å². The highest BCUT2D eigenvalue weighted by Gasteiger charge is 2.32. The number of benzene rings is 2. The molecule has 0 amide bonds. The monoisotopic (exact) mass is 354 g/mol. The zero-order chi connectivity index (χ0) is 18.3. The maximum absolute atomic E-state index is 11.6. The fraction of sp³-hybridized carbons (Fsp3) is 0.158. The van der Waals surface area contributed by atoms with Crippen molar-refractivity contribution in [1.29, 1.82) is 0 Å². The van der Waals surface area contributed by atoms with E-state index < -0.39 is 11.9 Å². The second-order valence-electron chi connectivity index (χ2n) is 5.65. The lowest BCUT2D eigenvalue weighted by Gasteiger charge is -2.16. The summed E-state index contributed by atoms with van der Waals surface area (Å²) >= 11 is 0. The highest BCUT2D eigenvalue weighted by Crippen LogP contribution is 2.53. The molecule has 2 aliphatic heterocycles. The van der Waals surface area contributed by atoms with Crippen LogP contribution < -0.4 is 18.9 Å². The fourth-order valence-electron chi connectivity index (χ4n) is 2.81. The minimum Gasteiger partial charge on any atom is -0.453 e. The molecule has 0 unspecified atom stereocenters. The number of hydrogen-bond acceptors (Lipinski definition) is 7. The SMILES string of the molecule is CC(=O)OC1=Cc2ccccc2Oc2c3c(cc(OC(C)=O)c21)OCO3. The van der Waals surface area contributed by atoms with Crippen LogP contribution in [-0.2, 0) is 14.3 Å². The Morgan fingerprint density at radius 1 is 0.962 bits per heavy atom. The van der Waals surface area contributed by atoms with E-state index in [1.807, 2.05) is 18.2 Å². The van der Waals surface area contributed by atoms with Gasteiger partial charge < -0.3 is 23.7 Å². The van der Waals surface area contributed by atoms with Crippen LogP contribution in [0.5, 0.6) is 28.7 Å². The minimum absolute atomic E-state index is 0.00289. The first-order valence-electron chi connectivity index (χ1n) is 7.85. The Bertz CT molecular complexity index is 959. The minimum atomic E-state index is -0.532. The number of ether oxygens (including phenoxy) is 5. The molecule has 2 heterocycles. The van der Waals surface area contributed by atoms with E-state index >= 15 is 0 Å². The molecule has 2 aliphatic rings. The van der Waals surface area contributed by atoms with Crippen molar-refractivity contribution in [3.05, 3.63) is 41.5 Å². The number of para-hydroxylation sites is 1. The van der Waals surface area contributed by atoms with Gasteiger partial charge in [0.25, 0.3) is 0 Å². The van der Waals surface area contributed by atoms with Crippen LogP contribution in [0.15, 0.2) is 30.3 Å². The van der Waals surface area contributed by atoms with Gasteiger partial charge in [-0.05, 0) is 12.1 Å². The van der Waals surface area contributed by atoms with Gasteiger partial charge in [-0.15, -0.1) is 0 Å². The summed E-state index contributed by atoms with van der Waals surface area (Å²) in [5, 5.41) is 0. The number of carbonyl (C=O) groups excluding carboxylic acids is 2. The summed E-state index contributed by atoms with van der Waals surface area (Å²) in [6, 6.07) is 8.74. The molecule has 0 saturated heterocycles. The second-order valence-corrected chi connectivity index (χ2v) is 5.65. The van der Waals surface area contributed by atoms with E-state index in [9.17, 15) is 9.59 Å². The lowest BCUT2D eigenvalue weighted by molar-refractivity contribution is -0.134. The van der Waals surface area contributed by atoms with E-state index in [0.29, 0.717) is 28.4 Å². The molecular formula is C19H14O7. The summed E-state index contributed by atoms with van der Waals surface area (Å²) in [6.45, 7) is 2.57. The molecule has 2 aromatic rings. The topological polar surface area (TPSA) is 80.3 Å². The van der Waals surface area contributed by atoms with E-state index in [2.05, 4.69) is 0 Å². The molecule has 0 aliphatic carbocycles. The first-order valence-corrected chi connectivity index (χ1v) is 7.85.